The maximum absolute atomic E-state index is 12.0. The van der Waals surface area contributed by atoms with Crippen molar-refractivity contribution >= 4 is 11.6 Å². The minimum Gasteiger partial charge on any atom is -0.487 e. The second-order valence-electron chi connectivity index (χ2n) is 5.73. The molecule has 3 aromatic rings. The van der Waals surface area contributed by atoms with Crippen LogP contribution in [0.4, 0.5) is 0 Å². The van der Waals surface area contributed by atoms with Crippen LogP contribution in [0, 0.1) is 6.92 Å². The molecule has 3 rings (SSSR count). The average molecular weight is 323 g/mol. The van der Waals surface area contributed by atoms with Crippen LogP contribution in [0.25, 0.3) is 5.65 Å². The molecule has 124 valence electrons. The lowest BCUT2D eigenvalue weighted by molar-refractivity contribution is 0.0953. The van der Waals surface area contributed by atoms with Gasteiger partial charge < -0.3 is 14.5 Å². The van der Waals surface area contributed by atoms with E-state index in [4.69, 9.17) is 4.74 Å². The van der Waals surface area contributed by atoms with E-state index in [0.29, 0.717) is 24.5 Å². The van der Waals surface area contributed by atoms with Crippen molar-refractivity contribution in [2.24, 2.45) is 0 Å². The Bertz CT molecular complexity index is 855. The molecule has 0 fully saturated rings. The predicted octanol–water partition coefficient (Wildman–Crippen LogP) is 3.36. The van der Waals surface area contributed by atoms with Crippen molar-refractivity contribution < 1.29 is 9.53 Å². The molecular weight excluding hydrogens is 302 g/mol. The highest BCUT2D eigenvalue weighted by molar-refractivity contribution is 5.94. The van der Waals surface area contributed by atoms with E-state index in [0.717, 1.165) is 23.3 Å². The first-order valence-corrected chi connectivity index (χ1v) is 8.11. The fourth-order valence-electron chi connectivity index (χ4n) is 2.50. The quantitative estimate of drug-likeness (QED) is 0.757. The third-order valence-corrected chi connectivity index (χ3v) is 3.75. The molecule has 0 aliphatic heterocycles. The van der Waals surface area contributed by atoms with Crippen molar-refractivity contribution in [2.45, 2.75) is 26.9 Å². The first-order valence-electron chi connectivity index (χ1n) is 8.11. The van der Waals surface area contributed by atoms with Gasteiger partial charge in [-0.2, -0.15) is 0 Å². The number of carbonyl (C=O) groups is 1. The second kappa shape index (κ2) is 7.17. The van der Waals surface area contributed by atoms with Gasteiger partial charge in [0.15, 0.2) is 0 Å². The number of benzene rings is 1. The SMILES string of the molecule is CCCNC(=O)c1cccc(OCc2cn3cccc(C)c3n2)c1. The van der Waals surface area contributed by atoms with Gasteiger partial charge in [-0.05, 0) is 43.2 Å². The summed E-state index contributed by atoms with van der Waals surface area (Å²) in [4.78, 5) is 16.6. The summed E-state index contributed by atoms with van der Waals surface area (Å²) in [5.41, 5.74) is 3.51. The van der Waals surface area contributed by atoms with Crippen LogP contribution >= 0.6 is 0 Å². The van der Waals surface area contributed by atoms with Crippen molar-refractivity contribution in [2.75, 3.05) is 6.54 Å². The summed E-state index contributed by atoms with van der Waals surface area (Å²) in [6, 6.07) is 11.2. The van der Waals surface area contributed by atoms with Crippen molar-refractivity contribution in [3.63, 3.8) is 0 Å². The van der Waals surface area contributed by atoms with Crippen LogP contribution in [0.1, 0.15) is 35.0 Å². The molecule has 0 saturated carbocycles. The summed E-state index contributed by atoms with van der Waals surface area (Å²) >= 11 is 0. The van der Waals surface area contributed by atoms with Gasteiger partial charge in [0.25, 0.3) is 5.91 Å². The highest BCUT2D eigenvalue weighted by atomic mass is 16.5. The average Bonchev–Trinajstić information content (AvgIpc) is 3.03. The Morgan fingerprint density at radius 2 is 2.17 bits per heavy atom. The number of hydrogen-bond donors (Lipinski definition) is 1. The smallest absolute Gasteiger partial charge is 0.251 e. The van der Waals surface area contributed by atoms with E-state index in [9.17, 15) is 4.79 Å². The van der Waals surface area contributed by atoms with Gasteiger partial charge in [0, 0.05) is 24.5 Å². The van der Waals surface area contributed by atoms with Crippen LogP contribution in [-0.4, -0.2) is 21.8 Å². The van der Waals surface area contributed by atoms with E-state index >= 15 is 0 Å². The lowest BCUT2D eigenvalue weighted by Gasteiger charge is -2.07. The van der Waals surface area contributed by atoms with Gasteiger partial charge in [-0.3, -0.25) is 4.79 Å². The molecule has 0 spiro atoms. The number of pyridine rings is 1. The molecule has 0 radical (unpaired) electrons. The number of aryl methyl sites for hydroxylation is 1. The Morgan fingerprint density at radius 3 is 2.96 bits per heavy atom. The number of ether oxygens (including phenoxy) is 1. The molecular formula is C19H21N3O2. The van der Waals surface area contributed by atoms with Crippen LogP contribution in [0.2, 0.25) is 0 Å². The molecule has 0 bridgehead atoms. The van der Waals surface area contributed by atoms with Crippen molar-refractivity contribution in [3.8, 4) is 5.75 Å². The number of nitrogens with one attached hydrogen (secondary N) is 1. The zero-order chi connectivity index (χ0) is 16.9. The summed E-state index contributed by atoms with van der Waals surface area (Å²) in [5.74, 6) is 0.582. The molecule has 5 nitrogen and oxygen atoms in total. The second-order valence-corrected chi connectivity index (χ2v) is 5.73. The van der Waals surface area contributed by atoms with Crippen molar-refractivity contribution in [3.05, 3.63) is 65.6 Å². The summed E-state index contributed by atoms with van der Waals surface area (Å²) in [7, 11) is 0. The third kappa shape index (κ3) is 3.56. The molecule has 0 aliphatic rings. The van der Waals surface area contributed by atoms with Crippen molar-refractivity contribution in [1.29, 1.82) is 0 Å². The van der Waals surface area contributed by atoms with Crippen molar-refractivity contribution in [1.82, 2.24) is 14.7 Å². The lowest BCUT2D eigenvalue weighted by atomic mass is 10.2. The minimum atomic E-state index is -0.0781. The number of nitrogens with zero attached hydrogens (tertiary/aromatic N) is 2. The summed E-state index contributed by atoms with van der Waals surface area (Å²) in [6.45, 7) is 5.09. The normalized spacial score (nSPS) is 10.8. The van der Waals surface area contributed by atoms with Crippen LogP contribution in [0.15, 0.2) is 48.8 Å². The largest absolute Gasteiger partial charge is 0.487 e. The number of imidazole rings is 1. The van der Waals surface area contributed by atoms with E-state index in [-0.39, 0.29) is 5.91 Å². The maximum atomic E-state index is 12.0. The Morgan fingerprint density at radius 1 is 1.29 bits per heavy atom. The highest BCUT2D eigenvalue weighted by Crippen LogP contribution is 2.16. The Hall–Kier alpha value is -2.82. The van der Waals surface area contributed by atoms with E-state index in [2.05, 4.69) is 10.3 Å². The molecule has 0 aliphatic carbocycles. The van der Waals surface area contributed by atoms with Gasteiger partial charge in [-0.1, -0.05) is 19.1 Å². The monoisotopic (exact) mass is 323 g/mol. The summed E-state index contributed by atoms with van der Waals surface area (Å²) in [6.07, 6.45) is 4.84. The van der Waals surface area contributed by atoms with E-state index in [1.807, 2.05) is 54.9 Å². The van der Waals surface area contributed by atoms with Gasteiger partial charge in [-0.25, -0.2) is 4.98 Å². The number of amides is 1. The number of fused-ring (bicyclic) bond motifs is 1. The number of rotatable bonds is 6. The van der Waals surface area contributed by atoms with Crippen LogP contribution in [0.5, 0.6) is 5.75 Å². The Kier molecular flexibility index (Phi) is 4.79. The zero-order valence-corrected chi connectivity index (χ0v) is 14.0. The van der Waals surface area contributed by atoms with E-state index < -0.39 is 0 Å². The maximum Gasteiger partial charge on any atom is 0.251 e. The van der Waals surface area contributed by atoms with Gasteiger partial charge in [0.1, 0.15) is 18.0 Å². The molecule has 24 heavy (non-hydrogen) atoms. The first kappa shape index (κ1) is 16.1. The number of aromatic nitrogens is 2. The van der Waals surface area contributed by atoms with Gasteiger partial charge in [-0.15, -0.1) is 0 Å². The molecule has 1 N–H and O–H groups in total. The third-order valence-electron chi connectivity index (χ3n) is 3.75. The summed E-state index contributed by atoms with van der Waals surface area (Å²) in [5, 5.41) is 2.86. The predicted molar refractivity (Wildman–Crippen MR) is 93.3 cm³/mol. The fraction of sp³-hybridized carbons (Fsp3) is 0.263. The Balaban J connectivity index is 1.69. The topological polar surface area (TPSA) is 55.6 Å². The standard InChI is InChI=1S/C19H21N3O2/c1-3-9-20-19(23)15-7-4-8-17(11-15)24-13-16-12-22-10-5-6-14(2)18(22)21-16/h4-8,10-12H,3,9,13H2,1-2H3,(H,20,23). The number of hydrogen-bond acceptors (Lipinski definition) is 3. The summed E-state index contributed by atoms with van der Waals surface area (Å²) < 4.78 is 7.79. The minimum absolute atomic E-state index is 0.0781. The molecule has 2 heterocycles. The van der Waals surface area contributed by atoms with E-state index in [1.165, 1.54) is 0 Å². The zero-order valence-electron chi connectivity index (χ0n) is 14.0. The van der Waals surface area contributed by atoms with Gasteiger partial charge in [0.05, 0.1) is 5.69 Å². The first-order chi connectivity index (χ1) is 11.7. The molecule has 0 atom stereocenters. The molecule has 0 saturated heterocycles. The highest BCUT2D eigenvalue weighted by Gasteiger charge is 2.07. The van der Waals surface area contributed by atoms with Gasteiger partial charge >= 0.3 is 0 Å². The van der Waals surface area contributed by atoms with Crippen LogP contribution in [-0.2, 0) is 6.61 Å². The number of carbonyl (C=O) groups excluding carboxylic acids is 1. The molecule has 2 aromatic heterocycles. The molecule has 1 aromatic carbocycles. The Labute approximate surface area is 141 Å². The fourth-order valence-corrected chi connectivity index (χ4v) is 2.50. The lowest BCUT2D eigenvalue weighted by Crippen LogP contribution is -2.23. The molecule has 0 unspecified atom stereocenters. The van der Waals surface area contributed by atoms with E-state index in [1.54, 1.807) is 12.1 Å². The molecule has 5 heteroatoms. The van der Waals surface area contributed by atoms with Crippen LogP contribution < -0.4 is 10.1 Å². The van der Waals surface area contributed by atoms with Crippen LogP contribution in [0.3, 0.4) is 0 Å². The van der Waals surface area contributed by atoms with Gasteiger partial charge in [0.2, 0.25) is 0 Å². The molecule has 1 amide bonds.